The van der Waals surface area contributed by atoms with E-state index >= 15 is 0 Å². The summed E-state index contributed by atoms with van der Waals surface area (Å²) in [5.74, 6) is -0.543. The van der Waals surface area contributed by atoms with Crippen LogP contribution in [0.3, 0.4) is 0 Å². The first-order chi connectivity index (χ1) is 9.54. The van der Waals surface area contributed by atoms with Crippen LogP contribution < -0.4 is 11.1 Å². The first-order valence-electron chi connectivity index (χ1n) is 5.64. The number of nitrogens with zero attached hydrogens (tertiary/aromatic N) is 1. The van der Waals surface area contributed by atoms with Gasteiger partial charge in [0.15, 0.2) is 0 Å². The maximum atomic E-state index is 13.1. The second-order valence-electron chi connectivity index (χ2n) is 3.88. The molecule has 20 heavy (non-hydrogen) atoms. The van der Waals surface area contributed by atoms with E-state index in [0.717, 1.165) is 9.50 Å². The van der Waals surface area contributed by atoms with E-state index in [9.17, 15) is 9.18 Å². The molecule has 7 heteroatoms. The van der Waals surface area contributed by atoms with E-state index in [0.29, 0.717) is 5.69 Å². The molecule has 2 rings (SSSR count). The monoisotopic (exact) mass is 355 g/mol. The van der Waals surface area contributed by atoms with E-state index in [-0.39, 0.29) is 17.3 Å². The molecule has 0 fully saturated rings. The van der Waals surface area contributed by atoms with Gasteiger partial charge in [-0.3, -0.25) is 4.79 Å². The Kier molecular flexibility index (Phi) is 4.97. The lowest BCUT2D eigenvalue weighted by Crippen LogP contribution is -2.15. The molecule has 0 aliphatic heterocycles. The van der Waals surface area contributed by atoms with Crippen LogP contribution in [0.1, 0.15) is 0 Å². The van der Waals surface area contributed by atoms with Crippen molar-refractivity contribution in [2.75, 3.05) is 16.8 Å². The van der Waals surface area contributed by atoms with Gasteiger partial charge in [0, 0.05) is 10.7 Å². The molecule has 1 aromatic heterocycles. The minimum absolute atomic E-state index is 0.171. The summed E-state index contributed by atoms with van der Waals surface area (Å²) >= 11 is 4.57. The van der Waals surface area contributed by atoms with Gasteiger partial charge >= 0.3 is 0 Å². The molecule has 0 spiro atoms. The SMILES string of the molecule is Nc1ccc(F)cc1NC(=O)CSc1ccc(Br)cn1. The van der Waals surface area contributed by atoms with Crippen LogP contribution in [-0.4, -0.2) is 16.6 Å². The number of nitrogens with one attached hydrogen (secondary N) is 1. The number of hydrogen-bond donors (Lipinski definition) is 2. The third-order valence-corrected chi connectivity index (χ3v) is 3.75. The molecule has 0 bridgehead atoms. The maximum absolute atomic E-state index is 13.1. The Morgan fingerprint density at radius 2 is 2.20 bits per heavy atom. The number of anilines is 2. The zero-order valence-corrected chi connectivity index (χ0v) is 12.7. The summed E-state index contributed by atoms with van der Waals surface area (Å²) in [7, 11) is 0. The van der Waals surface area contributed by atoms with Gasteiger partial charge in [0.05, 0.1) is 22.2 Å². The second-order valence-corrected chi connectivity index (χ2v) is 5.79. The Labute approximate surface area is 128 Å². The van der Waals surface area contributed by atoms with Crippen LogP contribution in [0.4, 0.5) is 15.8 Å². The Bertz CT molecular complexity index is 622. The maximum Gasteiger partial charge on any atom is 0.234 e. The third kappa shape index (κ3) is 4.21. The lowest BCUT2D eigenvalue weighted by Gasteiger charge is -2.07. The molecule has 0 unspecified atom stereocenters. The quantitative estimate of drug-likeness (QED) is 0.652. The van der Waals surface area contributed by atoms with Crippen LogP contribution in [0.25, 0.3) is 0 Å². The number of rotatable bonds is 4. The molecule has 0 saturated heterocycles. The van der Waals surface area contributed by atoms with Crippen molar-refractivity contribution in [3.63, 3.8) is 0 Å². The molecule has 1 heterocycles. The second kappa shape index (κ2) is 6.71. The summed E-state index contributed by atoms with van der Waals surface area (Å²) in [5, 5.41) is 3.30. The molecule has 0 saturated carbocycles. The van der Waals surface area contributed by atoms with Crippen molar-refractivity contribution >= 4 is 45.0 Å². The van der Waals surface area contributed by atoms with Crippen molar-refractivity contribution in [1.29, 1.82) is 0 Å². The zero-order chi connectivity index (χ0) is 14.5. The molecule has 0 aliphatic carbocycles. The lowest BCUT2D eigenvalue weighted by atomic mass is 10.2. The van der Waals surface area contributed by atoms with E-state index in [1.165, 1.54) is 30.0 Å². The summed E-state index contributed by atoms with van der Waals surface area (Å²) in [4.78, 5) is 15.9. The van der Waals surface area contributed by atoms with Crippen molar-refractivity contribution in [2.45, 2.75) is 5.03 Å². The van der Waals surface area contributed by atoms with Crippen molar-refractivity contribution < 1.29 is 9.18 Å². The number of thioether (sulfide) groups is 1. The predicted octanol–water partition coefficient (Wildman–Crippen LogP) is 3.30. The number of carbonyl (C=O) groups is 1. The first-order valence-corrected chi connectivity index (χ1v) is 7.41. The fourth-order valence-electron chi connectivity index (χ4n) is 1.41. The van der Waals surface area contributed by atoms with Gasteiger partial charge in [-0.15, -0.1) is 0 Å². The molecule has 2 aromatic rings. The van der Waals surface area contributed by atoms with E-state index in [1.54, 1.807) is 12.3 Å². The molecule has 0 radical (unpaired) electrons. The van der Waals surface area contributed by atoms with Gasteiger partial charge in [-0.2, -0.15) is 0 Å². The topological polar surface area (TPSA) is 68.0 Å². The molecular formula is C13H11BrFN3OS. The highest BCUT2D eigenvalue weighted by Gasteiger charge is 2.07. The number of pyridine rings is 1. The van der Waals surface area contributed by atoms with Crippen molar-refractivity contribution in [3.05, 3.63) is 46.8 Å². The highest BCUT2D eigenvalue weighted by atomic mass is 79.9. The lowest BCUT2D eigenvalue weighted by molar-refractivity contribution is -0.113. The third-order valence-electron chi connectivity index (χ3n) is 2.34. The van der Waals surface area contributed by atoms with Gasteiger partial charge in [0.2, 0.25) is 5.91 Å². The van der Waals surface area contributed by atoms with E-state index < -0.39 is 5.82 Å². The number of benzene rings is 1. The van der Waals surface area contributed by atoms with Crippen molar-refractivity contribution in [3.8, 4) is 0 Å². The van der Waals surface area contributed by atoms with Crippen molar-refractivity contribution in [2.24, 2.45) is 0 Å². The largest absolute Gasteiger partial charge is 0.397 e. The van der Waals surface area contributed by atoms with Crippen LogP contribution >= 0.6 is 27.7 Å². The average molecular weight is 356 g/mol. The first kappa shape index (κ1) is 14.8. The number of aromatic nitrogens is 1. The normalized spacial score (nSPS) is 10.3. The summed E-state index contributed by atoms with van der Waals surface area (Å²) in [6.45, 7) is 0. The molecule has 0 aliphatic rings. The van der Waals surface area contributed by atoms with Gasteiger partial charge in [-0.1, -0.05) is 11.8 Å². The van der Waals surface area contributed by atoms with Gasteiger partial charge in [-0.05, 0) is 46.3 Å². The average Bonchev–Trinajstić information content (AvgIpc) is 2.42. The summed E-state index contributed by atoms with van der Waals surface area (Å²) in [6.07, 6.45) is 1.66. The fraction of sp³-hybridized carbons (Fsp3) is 0.0769. The highest BCUT2D eigenvalue weighted by molar-refractivity contribution is 9.10. The van der Waals surface area contributed by atoms with Crippen LogP contribution in [-0.2, 0) is 4.79 Å². The molecule has 3 N–H and O–H groups in total. The number of amides is 1. The Morgan fingerprint density at radius 1 is 1.40 bits per heavy atom. The minimum Gasteiger partial charge on any atom is -0.397 e. The molecule has 4 nitrogen and oxygen atoms in total. The van der Waals surface area contributed by atoms with Gasteiger partial charge in [0.1, 0.15) is 5.82 Å². The highest BCUT2D eigenvalue weighted by Crippen LogP contribution is 2.21. The van der Waals surface area contributed by atoms with Crippen LogP contribution in [0.5, 0.6) is 0 Å². The smallest absolute Gasteiger partial charge is 0.234 e. The number of nitrogen functional groups attached to an aromatic ring is 1. The molecular weight excluding hydrogens is 345 g/mol. The number of halogens is 2. The molecule has 1 amide bonds. The number of nitrogens with two attached hydrogens (primary N) is 1. The van der Waals surface area contributed by atoms with Crippen LogP contribution in [0.15, 0.2) is 46.0 Å². The number of hydrogen-bond acceptors (Lipinski definition) is 4. The minimum atomic E-state index is -0.447. The Balaban J connectivity index is 1.92. The Morgan fingerprint density at radius 3 is 2.90 bits per heavy atom. The van der Waals surface area contributed by atoms with Gasteiger partial charge in [-0.25, -0.2) is 9.37 Å². The van der Waals surface area contributed by atoms with E-state index in [4.69, 9.17) is 5.73 Å². The molecule has 1 aromatic carbocycles. The van der Waals surface area contributed by atoms with Gasteiger partial charge in [0.25, 0.3) is 0 Å². The van der Waals surface area contributed by atoms with E-state index in [2.05, 4.69) is 26.2 Å². The summed E-state index contributed by atoms with van der Waals surface area (Å²) in [5.41, 5.74) is 6.26. The van der Waals surface area contributed by atoms with E-state index in [1.807, 2.05) is 6.07 Å². The fourth-order valence-corrected chi connectivity index (χ4v) is 2.29. The zero-order valence-electron chi connectivity index (χ0n) is 10.3. The predicted molar refractivity (Wildman–Crippen MR) is 82.1 cm³/mol. The van der Waals surface area contributed by atoms with Gasteiger partial charge < -0.3 is 11.1 Å². The summed E-state index contributed by atoms with van der Waals surface area (Å²) < 4.78 is 13.9. The molecule has 104 valence electrons. The van der Waals surface area contributed by atoms with Crippen molar-refractivity contribution in [1.82, 2.24) is 4.98 Å². The standard InChI is InChI=1S/C13H11BrFN3OS/c14-8-1-4-13(17-6-8)20-7-12(19)18-11-5-9(15)2-3-10(11)16/h1-6H,7,16H2,(H,18,19). The van der Waals surface area contributed by atoms with Crippen LogP contribution in [0.2, 0.25) is 0 Å². The Hall–Kier alpha value is -1.60. The van der Waals surface area contributed by atoms with Crippen LogP contribution in [0, 0.1) is 5.82 Å². The molecule has 0 atom stereocenters. The summed E-state index contributed by atoms with van der Waals surface area (Å²) in [6, 6.07) is 7.49. The number of carbonyl (C=O) groups excluding carboxylic acids is 1.